The number of fused-ring (bicyclic) bond motifs is 3. The Balaban J connectivity index is 1.84. The third-order valence-electron chi connectivity index (χ3n) is 6.53. The second-order valence-electron chi connectivity index (χ2n) is 9.04. The van der Waals surface area contributed by atoms with Gasteiger partial charge < -0.3 is 9.55 Å². The molecule has 4 heterocycles. The summed E-state index contributed by atoms with van der Waals surface area (Å²) in [6.45, 7) is 13.4. The fraction of sp³-hybridized carbons (Fsp3) is 0.296. The third-order valence-corrected chi connectivity index (χ3v) is 6.53. The van der Waals surface area contributed by atoms with Crippen LogP contribution in [0.1, 0.15) is 46.3 Å². The van der Waals surface area contributed by atoms with Crippen molar-refractivity contribution in [2.75, 3.05) is 0 Å². The first-order valence-electron chi connectivity index (χ1n) is 11.4. The molecule has 5 aromatic rings. The quantitative estimate of drug-likeness (QED) is 0.419. The van der Waals surface area contributed by atoms with Crippen LogP contribution < -0.4 is 5.56 Å². The first kappa shape index (κ1) is 21.2. The van der Waals surface area contributed by atoms with E-state index in [0.717, 1.165) is 45.6 Å². The van der Waals surface area contributed by atoms with Gasteiger partial charge in [0.25, 0.3) is 0 Å². The Morgan fingerprint density at radius 2 is 1.67 bits per heavy atom. The normalized spacial score (nSPS) is 11.7. The van der Waals surface area contributed by atoms with E-state index in [1.54, 1.807) is 12.3 Å². The van der Waals surface area contributed by atoms with Gasteiger partial charge in [-0.3, -0.25) is 4.79 Å². The summed E-state index contributed by atoms with van der Waals surface area (Å²) >= 11 is 0. The van der Waals surface area contributed by atoms with Crippen LogP contribution in [-0.2, 0) is 13.0 Å². The molecular formula is C27H29N5O. The Hall–Kier alpha value is -3.67. The van der Waals surface area contributed by atoms with Crippen LogP contribution in [-0.4, -0.2) is 24.1 Å². The van der Waals surface area contributed by atoms with Crippen molar-refractivity contribution >= 4 is 16.7 Å². The van der Waals surface area contributed by atoms with E-state index in [1.807, 2.05) is 10.6 Å². The van der Waals surface area contributed by atoms with E-state index in [2.05, 4.69) is 69.3 Å². The fourth-order valence-electron chi connectivity index (χ4n) is 5.13. The van der Waals surface area contributed by atoms with E-state index in [0.29, 0.717) is 6.54 Å². The van der Waals surface area contributed by atoms with Crippen LogP contribution in [0, 0.1) is 34.6 Å². The zero-order valence-electron chi connectivity index (χ0n) is 20.1. The van der Waals surface area contributed by atoms with Gasteiger partial charge in [-0.05, 0) is 69.4 Å². The summed E-state index contributed by atoms with van der Waals surface area (Å²) in [5.41, 5.74) is 12.1. The molecule has 0 fully saturated rings. The molecule has 0 atom stereocenters. The van der Waals surface area contributed by atoms with Crippen LogP contribution >= 0.6 is 0 Å². The molecular weight excluding hydrogens is 410 g/mol. The molecule has 0 radical (unpaired) electrons. The van der Waals surface area contributed by atoms with Gasteiger partial charge in [-0.2, -0.15) is 9.61 Å². The average molecular weight is 440 g/mol. The summed E-state index contributed by atoms with van der Waals surface area (Å²) in [4.78, 5) is 19.4. The number of aromatic amines is 1. The molecule has 33 heavy (non-hydrogen) atoms. The highest BCUT2D eigenvalue weighted by atomic mass is 16.1. The van der Waals surface area contributed by atoms with Crippen molar-refractivity contribution in [3.63, 3.8) is 0 Å². The molecule has 6 nitrogen and oxygen atoms in total. The van der Waals surface area contributed by atoms with Gasteiger partial charge in [0.15, 0.2) is 5.65 Å². The monoisotopic (exact) mass is 439 g/mol. The van der Waals surface area contributed by atoms with E-state index in [9.17, 15) is 4.79 Å². The molecule has 1 aromatic carbocycles. The van der Waals surface area contributed by atoms with Gasteiger partial charge in [-0.15, -0.1) is 0 Å². The van der Waals surface area contributed by atoms with Crippen molar-refractivity contribution in [1.82, 2.24) is 24.1 Å². The Morgan fingerprint density at radius 1 is 0.939 bits per heavy atom. The molecule has 0 aliphatic carbocycles. The summed E-state index contributed by atoms with van der Waals surface area (Å²) in [5.74, 6) is 0. The molecule has 0 aliphatic rings. The van der Waals surface area contributed by atoms with Crippen molar-refractivity contribution in [1.29, 1.82) is 0 Å². The maximum absolute atomic E-state index is 11.5. The van der Waals surface area contributed by atoms with Gasteiger partial charge >= 0.3 is 0 Å². The number of H-pyrrole nitrogens is 1. The highest BCUT2D eigenvalue weighted by Gasteiger charge is 2.22. The first-order valence-corrected chi connectivity index (χ1v) is 11.4. The molecule has 1 N–H and O–H groups in total. The van der Waals surface area contributed by atoms with Crippen LogP contribution in [0.5, 0.6) is 0 Å². The molecule has 0 amide bonds. The minimum Gasteiger partial charge on any atom is -0.329 e. The lowest BCUT2D eigenvalue weighted by Crippen LogP contribution is -2.10. The summed E-state index contributed by atoms with van der Waals surface area (Å²) in [6, 6.07) is 10.1. The fourth-order valence-corrected chi connectivity index (χ4v) is 5.13. The number of rotatable bonds is 4. The molecule has 4 aromatic heterocycles. The maximum Gasteiger partial charge on any atom is 0.247 e. The van der Waals surface area contributed by atoms with Crippen LogP contribution in [0.2, 0.25) is 0 Å². The topological polar surface area (TPSA) is 68.0 Å². The van der Waals surface area contributed by atoms with Crippen LogP contribution in [0.15, 0.2) is 41.3 Å². The van der Waals surface area contributed by atoms with Crippen LogP contribution in [0.3, 0.4) is 0 Å². The highest BCUT2D eigenvalue weighted by Crippen LogP contribution is 2.36. The molecule has 0 spiro atoms. The van der Waals surface area contributed by atoms with Crippen molar-refractivity contribution in [3.05, 3.63) is 86.2 Å². The SMILES string of the molecule is CCc1cc2c(C)nc3c(-c4c(C)cc(C)cc4C)c(C)nn3c2n1Cc1ccc(=O)[nH]c1. The van der Waals surface area contributed by atoms with Crippen molar-refractivity contribution in [2.24, 2.45) is 0 Å². The number of aryl methyl sites for hydroxylation is 6. The lowest BCUT2D eigenvalue weighted by Gasteiger charge is -2.13. The Labute approximate surface area is 192 Å². The van der Waals surface area contributed by atoms with E-state index >= 15 is 0 Å². The zero-order valence-corrected chi connectivity index (χ0v) is 20.1. The smallest absolute Gasteiger partial charge is 0.247 e. The van der Waals surface area contributed by atoms with Gasteiger partial charge in [0, 0.05) is 23.3 Å². The van der Waals surface area contributed by atoms with Crippen molar-refractivity contribution < 1.29 is 0 Å². The number of nitrogens with zero attached hydrogens (tertiary/aromatic N) is 4. The largest absolute Gasteiger partial charge is 0.329 e. The van der Waals surface area contributed by atoms with Gasteiger partial charge in [-0.1, -0.05) is 30.7 Å². The Kier molecular flexibility index (Phi) is 4.96. The van der Waals surface area contributed by atoms with Crippen molar-refractivity contribution in [3.8, 4) is 11.1 Å². The lowest BCUT2D eigenvalue weighted by molar-refractivity contribution is 0.746. The Bertz CT molecular complexity index is 1560. The zero-order chi connectivity index (χ0) is 23.4. The molecule has 0 bridgehead atoms. The minimum absolute atomic E-state index is 0.0922. The molecule has 168 valence electrons. The number of hydrogen-bond donors (Lipinski definition) is 1. The summed E-state index contributed by atoms with van der Waals surface area (Å²) in [5, 5.41) is 6.11. The number of hydrogen-bond acceptors (Lipinski definition) is 3. The van der Waals surface area contributed by atoms with Gasteiger partial charge in [0.1, 0.15) is 5.65 Å². The second-order valence-corrected chi connectivity index (χ2v) is 9.04. The van der Waals surface area contributed by atoms with Crippen LogP contribution in [0.25, 0.3) is 27.8 Å². The number of nitrogens with one attached hydrogen (secondary N) is 1. The van der Waals surface area contributed by atoms with Gasteiger partial charge in [-0.25, -0.2) is 4.98 Å². The minimum atomic E-state index is -0.0922. The predicted molar refractivity (Wildman–Crippen MR) is 133 cm³/mol. The van der Waals surface area contributed by atoms with Crippen LogP contribution in [0.4, 0.5) is 0 Å². The molecule has 0 saturated heterocycles. The average Bonchev–Trinajstić information content (AvgIpc) is 3.27. The first-order chi connectivity index (χ1) is 15.8. The second kappa shape index (κ2) is 7.73. The predicted octanol–water partition coefficient (Wildman–Crippen LogP) is 5.19. The third kappa shape index (κ3) is 3.37. The van der Waals surface area contributed by atoms with E-state index in [1.165, 1.54) is 27.9 Å². The van der Waals surface area contributed by atoms with Crippen molar-refractivity contribution in [2.45, 2.75) is 54.5 Å². The summed E-state index contributed by atoms with van der Waals surface area (Å²) < 4.78 is 4.31. The van der Waals surface area contributed by atoms with Gasteiger partial charge in [0.2, 0.25) is 5.56 Å². The molecule has 0 unspecified atom stereocenters. The summed E-state index contributed by atoms with van der Waals surface area (Å²) in [6.07, 6.45) is 2.68. The molecule has 5 rings (SSSR count). The molecule has 0 aliphatic heterocycles. The lowest BCUT2D eigenvalue weighted by atomic mass is 9.94. The molecule has 0 saturated carbocycles. The number of benzene rings is 1. The number of aromatic nitrogens is 5. The Morgan fingerprint density at radius 3 is 2.30 bits per heavy atom. The maximum atomic E-state index is 11.5. The highest BCUT2D eigenvalue weighted by molar-refractivity contribution is 5.90. The van der Waals surface area contributed by atoms with Gasteiger partial charge in [0.05, 0.1) is 23.5 Å². The molecule has 6 heteroatoms. The van der Waals surface area contributed by atoms with E-state index < -0.39 is 0 Å². The van der Waals surface area contributed by atoms with E-state index in [4.69, 9.17) is 10.1 Å². The van der Waals surface area contributed by atoms with E-state index in [-0.39, 0.29) is 5.56 Å². The summed E-state index contributed by atoms with van der Waals surface area (Å²) in [7, 11) is 0. The number of pyridine rings is 1. The standard InChI is InChI=1S/C27H29N5O/c1-7-21-12-22-18(5)29-26-25(24-16(3)10-15(2)11-17(24)4)19(6)30-32(26)27(22)31(21)14-20-8-9-23(33)28-13-20/h8-13H,7,14H2,1-6H3,(H,28,33).